The molecular formula is C41H42N6O5. The van der Waals surface area contributed by atoms with E-state index in [1.807, 2.05) is 32.0 Å². The second-order valence-electron chi connectivity index (χ2n) is 14.8. The van der Waals surface area contributed by atoms with Gasteiger partial charge in [0.15, 0.2) is 0 Å². The number of rotatable bonds is 10. The first-order chi connectivity index (χ1) is 25.0. The summed E-state index contributed by atoms with van der Waals surface area (Å²) in [5, 5.41) is 16.3. The van der Waals surface area contributed by atoms with E-state index >= 15 is 0 Å². The van der Waals surface area contributed by atoms with Crippen molar-refractivity contribution in [3.8, 4) is 17.2 Å². The van der Waals surface area contributed by atoms with Gasteiger partial charge in [0.05, 0.1) is 29.4 Å². The van der Waals surface area contributed by atoms with Crippen LogP contribution >= 0.6 is 0 Å². The number of nitrogens with one attached hydrogen (secondary N) is 1. The van der Waals surface area contributed by atoms with Crippen molar-refractivity contribution in [2.75, 3.05) is 29.4 Å². The number of carbonyl (C=O) groups excluding carboxylic acids is 3. The summed E-state index contributed by atoms with van der Waals surface area (Å²) < 4.78 is 12.1. The number of fused-ring (bicyclic) bond motifs is 1. The highest BCUT2D eigenvalue weighted by atomic mass is 16.5. The number of nitriles is 1. The number of benzene rings is 3. The molecular weight excluding hydrogens is 656 g/mol. The lowest BCUT2D eigenvalue weighted by atomic mass is 9.97. The average Bonchev–Trinajstić information content (AvgIpc) is 3.76. The van der Waals surface area contributed by atoms with Gasteiger partial charge < -0.3 is 24.0 Å². The molecule has 3 amide bonds. The van der Waals surface area contributed by atoms with Gasteiger partial charge >= 0.3 is 0 Å². The second-order valence-corrected chi connectivity index (χ2v) is 14.8. The fraction of sp³-hybridized carbons (Fsp3) is 0.390. The van der Waals surface area contributed by atoms with Crippen molar-refractivity contribution in [1.29, 1.82) is 5.26 Å². The van der Waals surface area contributed by atoms with Gasteiger partial charge in [0.25, 0.3) is 5.91 Å². The number of anilines is 3. The molecule has 8 rings (SSSR count). The summed E-state index contributed by atoms with van der Waals surface area (Å²) in [5.74, 6) is -0.0897. The zero-order chi connectivity index (χ0) is 36.3. The van der Waals surface area contributed by atoms with Gasteiger partial charge in [-0.2, -0.15) is 5.26 Å². The van der Waals surface area contributed by atoms with Gasteiger partial charge in [-0.15, -0.1) is 0 Å². The lowest BCUT2D eigenvalue weighted by molar-refractivity contribution is -0.136. The normalized spacial score (nSPS) is 19.9. The molecule has 0 radical (unpaired) electrons. The highest BCUT2D eigenvalue weighted by Crippen LogP contribution is 2.48. The molecule has 3 aliphatic heterocycles. The SMILES string of the molecule is Cc1ccc(-c2c(C)noc2C)cc1N(CC(C)OC1CN(c2ccc3c(c2)C(=O)N(C2CCC(=O)NC2=O)C3)C1)c1ccc(C2(C#N)CC2)cc1. The number of carbonyl (C=O) groups is 3. The third-order valence-electron chi connectivity index (χ3n) is 11.1. The number of hydrogen-bond donors (Lipinski definition) is 1. The van der Waals surface area contributed by atoms with Gasteiger partial charge in [-0.05, 0) is 99.5 Å². The Hall–Kier alpha value is -5.47. The summed E-state index contributed by atoms with van der Waals surface area (Å²) in [6.07, 6.45) is 2.28. The summed E-state index contributed by atoms with van der Waals surface area (Å²) >= 11 is 0. The topological polar surface area (TPSA) is 132 Å². The molecule has 11 heteroatoms. The summed E-state index contributed by atoms with van der Waals surface area (Å²) in [6.45, 7) is 10.5. The summed E-state index contributed by atoms with van der Waals surface area (Å²) in [7, 11) is 0. The molecule has 2 saturated heterocycles. The molecule has 3 aromatic carbocycles. The van der Waals surface area contributed by atoms with Crippen molar-refractivity contribution >= 4 is 34.8 Å². The number of piperidine rings is 1. The number of aryl methyl sites for hydroxylation is 3. The maximum absolute atomic E-state index is 13.4. The first kappa shape index (κ1) is 33.7. The Morgan fingerprint density at radius 1 is 1.06 bits per heavy atom. The Kier molecular flexibility index (Phi) is 8.38. The van der Waals surface area contributed by atoms with Crippen molar-refractivity contribution in [2.45, 2.75) is 83.6 Å². The van der Waals surface area contributed by atoms with Crippen molar-refractivity contribution in [3.05, 3.63) is 94.4 Å². The van der Waals surface area contributed by atoms with Crippen LogP contribution in [0.4, 0.5) is 17.1 Å². The molecule has 1 saturated carbocycles. The molecule has 1 aromatic heterocycles. The van der Waals surface area contributed by atoms with Gasteiger partial charge in [-0.1, -0.05) is 35.5 Å². The molecule has 1 aliphatic carbocycles. The first-order valence-corrected chi connectivity index (χ1v) is 18.0. The molecule has 4 aromatic rings. The molecule has 52 heavy (non-hydrogen) atoms. The van der Waals surface area contributed by atoms with Crippen molar-refractivity contribution in [3.63, 3.8) is 0 Å². The molecule has 2 atom stereocenters. The number of ether oxygens (including phenoxy) is 1. The Morgan fingerprint density at radius 3 is 2.50 bits per heavy atom. The third-order valence-corrected chi connectivity index (χ3v) is 11.1. The molecule has 0 spiro atoms. The molecule has 4 heterocycles. The summed E-state index contributed by atoms with van der Waals surface area (Å²) in [5.41, 5.74) is 9.25. The second kappa shape index (κ2) is 12.9. The Bertz CT molecular complexity index is 2100. The number of amides is 3. The van der Waals surface area contributed by atoms with E-state index in [2.05, 4.69) is 82.7 Å². The van der Waals surface area contributed by atoms with Crippen LogP contribution in [-0.4, -0.2) is 65.7 Å². The molecule has 4 aliphatic rings. The standard InChI is InChI=1S/C41H42N6O5/c1-24-5-6-28(38-26(3)44-52-27(38)4)17-36(24)46(31-11-8-30(9-12-31)41(23-42)15-16-41)19-25(2)51-33-21-45(22-33)32-10-7-29-20-47(40(50)34(29)18-32)35-13-14-37(48)43-39(35)49/h5-12,17-18,25,33,35H,13-16,19-22H2,1-4H3,(H,43,48,49). The zero-order valence-corrected chi connectivity index (χ0v) is 29.9. The van der Waals surface area contributed by atoms with Crippen LogP contribution < -0.4 is 15.1 Å². The molecule has 11 nitrogen and oxygen atoms in total. The molecule has 3 fully saturated rings. The van der Waals surface area contributed by atoms with Crippen LogP contribution in [0.15, 0.2) is 65.2 Å². The number of nitrogens with zero attached hydrogens (tertiary/aromatic N) is 5. The van der Waals surface area contributed by atoms with Gasteiger partial charge in [-0.3, -0.25) is 19.7 Å². The van der Waals surface area contributed by atoms with Gasteiger partial charge in [-0.25, -0.2) is 0 Å². The number of imide groups is 1. The Morgan fingerprint density at radius 2 is 1.83 bits per heavy atom. The minimum Gasteiger partial charge on any atom is -0.370 e. The van der Waals surface area contributed by atoms with Crippen LogP contribution in [0.25, 0.3) is 11.1 Å². The van der Waals surface area contributed by atoms with E-state index in [1.54, 1.807) is 4.90 Å². The van der Waals surface area contributed by atoms with E-state index < -0.39 is 11.9 Å². The molecule has 2 unspecified atom stereocenters. The molecule has 0 bridgehead atoms. The van der Waals surface area contributed by atoms with E-state index in [1.165, 1.54) is 0 Å². The first-order valence-electron chi connectivity index (χ1n) is 18.0. The van der Waals surface area contributed by atoms with Gasteiger partial charge in [0, 0.05) is 60.8 Å². The average molecular weight is 699 g/mol. The number of hydrogen-bond acceptors (Lipinski definition) is 9. The fourth-order valence-corrected chi connectivity index (χ4v) is 7.95. The van der Waals surface area contributed by atoms with Crippen LogP contribution in [0.2, 0.25) is 0 Å². The van der Waals surface area contributed by atoms with Crippen molar-refractivity contribution in [1.82, 2.24) is 15.4 Å². The summed E-state index contributed by atoms with van der Waals surface area (Å²) in [6, 6.07) is 22.6. The third kappa shape index (κ3) is 6.01. The minimum atomic E-state index is -0.628. The largest absolute Gasteiger partial charge is 0.370 e. The van der Waals surface area contributed by atoms with Crippen LogP contribution in [0.5, 0.6) is 0 Å². The predicted molar refractivity (Wildman–Crippen MR) is 195 cm³/mol. The van der Waals surface area contributed by atoms with E-state index in [9.17, 15) is 19.6 Å². The van der Waals surface area contributed by atoms with Crippen molar-refractivity contribution in [2.24, 2.45) is 0 Å². The molecule has 1 N–H and O–H groups in total. The van der Waals surface area contributed by atoms with Crippen LogP contribution in [0, 0.1) is 32.1 Å². The zero-order valence-electron chi connectivity index (χ0n) is 29.9. The fourth-order valence-electron chi connectivity index (χ4n) is 7.95. The Balaban J connectivity index is 0.968. The lowest BCUT2D eigenvalue weighted by Crippen LogP contribution is -2.54. The molecule has 266 valence electrons. The van der Waals surface area contributed by atoms with Crippen LogP contribution in [0.3, 0.4) is 0 Å². The monoisotopic (exact) mass is 698 g/mol. The smallest absolute Gasteiger partial charge is 0.255 e. The quantitative estimate of drug-likeness (QED) is 0.198. The minimum absolute atomic E-state index is 0.0169. The van der Waals surface area contributed by atoms with E-state index in [0.29, 0.717) is 38.2 Å². The predicted octanol–water partition coefficient (Wildman–Crippen LogP) is 6.02. The van der Waals surface area contributed by atoms with Gasteiger partial charge in [0.2, 0.25) is 11.8 Å². The maximum Gasteiger partial charge on any atom is 0.255 e. The van der Waals surface area contributed by atoms with E-state index in [-0.39, 0.29) is 35.9 Å². The maximum atomic E-state index is 13.4. The highest BCUT2D eigenvalue weighted by Gasteiger charge is 2.45. The van der Waals surface area contributed by atoms with Crippen LogP contribution in [0.1, 0.15) is 71.1 Å². The lowest BCUT2D eigenvalue weighted by Gasteiger charge is -2.42. The van der Waals surface area contributed by atoms with E-state index in [4.69, 9.17) is 9.26 Å². The summed E-state index contributed by atoms with van der Waals surface area (Å²) in [4.78, 5) is 43.6. The Labute approximate surface area is 303 Å². The van der Waals surface area contributed by atoms with E-state index in [0.717, 1.165) is 69.2 Å². The highest BCUT2D eigenvalue weighted by molar-refractivity contribution is 6.05. The van der Waals surface area contributed by atoms with Crippen molar-refractivity contribution < 1.29 is 23.6 Å². The van der Waals surface area contributed by atoms with Crippen LogP contribution in [-0.2, 0) is 26.3 Å². The van der Waals surface area contributed by atoms with Gasteiger partial charge in [0.1, 0.15) is 11.8 Å². The number of aromatic nitrogens is 1.